The second-order valence-electron chi connectivity index (χ2n) is 4.81. The highest BCUT2D eigenvalue weighted by Crippen LogP contribution is 2.25. The van der Waals surface area contributed by atoms with Gasteiger partial charge in [0.1, 0.15) is 0 Å². The molecule has 0 aliphatic carbocycles. The molecule has 0 radical (unpaired) electrons. The van der Waals surface area contributed by atoms with E-state index >= 15 is 0 Å². The summed E-state index contributed by atoms with van der Waals surface area (Å²) < 4.78 is 0. The van der Waals surface area contributed by atoms with E-state index in [2.05, 4.69) is 26.1 Å². The van der Waals surface area contributed by atoms with Gasteiger partial charge in [0.05, 0.1) is 0 Å². The first-order valence-electron chi connectivity index (χ1n) is 5.70. The largest absolute Gasteiger partial charge is 0.504 e. The van der Waals surface area contributed by atoms with Crippen LogP contribution < -0.4 is 5.32 Å². The smallest absolute Gasteiger partial charge is 0.157 e. The van der Waals surface area contributed by atoms with Crippen LogP contribution in [-0.4, -0.2) is 15.8 Å². The third kappa shape index (κ3) is 3.74. The Morgan fingerprint density at radius 3 is 2.44 bits per heavy atom. The summed E-state index contributed by atoms with van der Waals surface area (Å²) in [5.74, 6) is -0.135. The fraction of sp³-hybridized carbons (Fsp3) is 0.538. The molecule has 0 fully saturated rings. The highest BCUT2D eigenvalue weighted by Gasteiger charge is 2.15. The van der Waals surface area contributed by atoms with Gasteiger partial charge < -0.3 is 15.5 Å². The van der Waals surface area contributed by atoms with Crippen molar-refractivity contribution in [2.45, 2.75) is 45.7 Å². The summed E-state index contributed by atoms with van der Waals surface area (Å²) in [5, 5.41) is 22.0. The average molecular weight is 223 g/mol. The second-order valence-corrected chi connectivity index (χ2v) is 4.81. The lowest BCUT2D eigenvalue weighted by Gasteiger charge is -2.26. The molecule has 0 saturated heterocycles. The fourth-order valence-electron chi connectivity index (χ4n) is 1.73. The van der Waals surface area contributed by atoms with Gasteiger partial charge in [-0.15, -0.1) is 0 Å². The van der Waals surface area contributed by atoms with E-state index in [1.54, 1.807) is 6.07 Å². The van der Waals surface area contributed by atoms with Crippen molar-refractivity contribution in [3.63, 3.8) is 0 Å². The van der Waals surface area contributed by atoms with E-state index < -0.39 is 0 Å². The zero-order chi connectivity index (χ0) is 12.2. The minimum absolute atomic E-state index is 0.0624. The van der Waals surface area contributed by atoms with Gasteiger partial charge in [0.15, 0.2) is 11.5 Å². The molecule has 0 unspecified atom stereocenters. The molecule has 0 amide bonds. The quantitative estimate of drug-likeness (QED) is 0.673. The first-order chi connectivity index (χ1) is 7.44. The van der Waals surface area contributed by atoms with Gasteiger partial charge in [-0.1, -0.05) is 19.4 Å². The van der Waals surface area contributed by atoms with Crippen molar-refractivity contribution >= 4 is 0 Å². The minimum Gasteiger partial charge on any atom is -0.504 e. The molecule has 1 aromatic rings. The normalized spacial score (nSPS) is 11.7. The van der Waals surface area contributed by atoms with Crippen molar-refractivity contribution in [2.75, 3.05) is 0 Å². The summed E-state index contributed by atoms with van der Waals surface area (Å²) in [6.07, 6.45) is 2.25. The summed E-state index contributed by atoms with van der Waals surface area (Å²) in [6, 6.07) is 4.91. The maximum Gasteiger partial charge on any atom is 0.157 e. The monoisotopic (exact) mass is 223 g/mol. The summed E-state index contributed by atoms with van der Waals surface area (Å²) in [5.41, 5.74) is 1.07. The van der Waals surface area contributed by atoms with E-state index in [1.165, 1.54) is 6.07 Å². The van der Waals surface area contributed by atoms with Crippen molar-refractivity contribution < 1.29 is 10.2 Å². The van der Waals surface area contributed by atoms with Gasteiger partial charge in [-0.25, -0.2) is 0 Å². The van der Waals surface area contributed by atoms with Crippen molar-refractivity contribution in [3.05, 3.63) is 23.8 Å². The van der Waals surface area contributed by atoms with Crippen LogP contribution in [0.15, 0.2) is 18.2 Å². The molecule has 0 bridgehead atoms. The maximum absolute atomic E-state index is 9.36. The summed E-state index contributed by atoms with van der Waals surface area (Å²) in [4.78, 5) is 0. The van der Waals surface area contributed by atoms with Gasteiger partial charge in [-0.3, -0.25) is 0 Å². The highest BCUT2D eigenvalue weighted by atomic mass is 16.3. The highest BCUT2D eigenvalue weighted by molar-refractivity contribution is 5.40. The van der Waals surface area contributed by atoms with Crippen molar-refractivity contribution in [1.29, 1.82) is 0 Å². The predicted molar refractivity (Wildman–Crippen MR) is 65.6 cm³/mol. The van der Waals surface area contributed by atoms with Gasteiger partial charge in [-0.2, -0.15) is 0 Å². The Hall–Kier alpha value is -1.22. The molecular weight excluding hydrogens is 202 g/mol. The molecule has 1 aromatic carbocycles. The number of nitrogens with one attached hydrogen (secondary N) is 1. The molecule has 0 atom stereocenters. The van der Waals surface area contributed by atoms with E-state index in [0.29, 0.717) is 6.54 Å². The van der Waals surface area contributed by atoms with E-state index in [1.807, 2.05) is 6.07 Å². The molecule has 0 spiro atoms. The number of hydrogen-bond donors (Lipinski definition) is 3. The molecule has 3 heteroatoms. The molecule has 90 valence electrons. The van der Waals surface area contributed by atoms with Crippen LogP contribution in [0.2, 0.25) is 0 Å². The zero-order valence-electron chi connectivity index (χ0n) is 10.2. The van der Waals surface area contributed by atoms with Crippen LogP contribution >= 0.6 is 0 Å². The average Bonchev–Trinajstić information content (AvgIpc) is 2.20. The summed E-state index contributed by atoms with van der Waals surface area (Å²) in [7, 11) is 0. The standard InChI is InChI=1S/C13H21NO2/c1-4-7-13(2,3)14-9-10-5-6-11(15)12(16)8-10/h5-6,8,14-16H,4,7,9H2,1-3H3. The van der Waals surface area contributed by atoms with Crippen LogP contribution in [0, 0.1) is 0 Å². The van der Waals surface area contributed by atoms with E-state index in [9.17, 15) is 10.2 Å². The second kappa shape index (κ2) is 5.21. The molecule has 3 nitrogen and oxygen atoms in total. The number of hydrogen-bond acceptors (Lipinski definition) is 3. The maximum atomic E-state index is 9.36. The number of aromatic hydroxyl groups is 2. The minimum atomic E-state index is -0.0726. The van der Waals surface area contributed by atoms with Crippen LogP contribution in [0.25, 0.3) is 0 Å². The summed E-state index contributed by atoms with van der Waals surface area (Å²) >= 11 is 0. The van der Waals surface area contributed by atoms with Crippen LogP contribution in [0.3, 0.4) is 0 Å². The van der Waals surface area contributed by atoms with E-state index in [0.717, 1.165) is 18.4 Å². The fourth-order valence-corrected chi connectivity index (χ4v) is 1.73. The topological polar surface area (TPSA) is 52.5 Å². The first kappa shape index (κ1) is 12.8. The van der Waals surface area contributed by atoms with Gasteiger partial charge in [0.2, 0.25) is 0 Å². The Labute approximate surface area is 97.1 Å². The van der Waals surface area contributed by atoms with E-state index in [4.69, 9.17) is 0 Å². The molecule has 0 aliphatic rings. The molecule has 0 aromatic heterocycles. The van der Waals surface area contributed by atoms with Crippen LogP contribution in [-0.2, 0) is 6.54 Å². The van der Waals surface area contributed by atoms with Gasteiger partial charge in [-0.05, 0) is 38.0 Å². The van der Waals surface area contributed by atoms with Crippen molar-refractivity contribution in [1.82, 2.24) is 5.32 Å². The number of phenolic OH excluding ortho intramolecular Hbond substituents is 2. The van der Waals surface area contributed by atoms with Crippen LogP contribution in [0.5, 0.6) is 11.5 Å². The lowest BCUT2D eigenvalue weighted by atomic mass is 9.98. The molecule has 0 aliphatic heterocycles. The molecule has 0 saturated carbocycles. The first-order valence-corrected chi connectivity index (χ1v) is 5.70. The van der Waals surface area contributed by atoms with Gasteiger partial charge >= 0.3 is 0 Å². The molecule has 1 rings (SSSR count). The number of rotatable bonds is 5. The van der Waals surface area contributed by atoms with Gasteiger partial charge in [0, 0.05) is 12.1 Å². The number of benzene rings is 1. The molecule has 16 heavy (non-hydrogen) atoms. The number of phenols is 2. The molecule has 0 heterocycles. The Morgan fingerprint density at radius 1 is 1.19 bits per heavy atom. The van der Waals surface area contributed by atoms with Crippen LogP contribution in [0.1, 0.15) is 39.2 Å². The lowest BCUT2D eigenvalue weighted by molar-refractivity contribution is 0.355. The SMILES string of the molecule is CCCC(C)(C)NCc1ccc(O)c(O)c1. The van der Waals surface area contributed by atoms with E-state index in [-0.39, 0.29) is 17.0 Å². The lowest BCUT2D eigenvalue weighted by Crippen LogP contribution is -2.38. The Morgan fingerprint density at radius 2 is 1.88 bits per heavy atom. The molecular formula is C13H21NO2. The van der Waals surface area contributed by atoms with Crippen LogP contribution in [0.4, 0.5) is 0 Å². The zero-order valence-corrected chi connectivity index (χ0v) is 10.2. The van der Waals surface area contributed by atoms with Gasteiger partial charge in [0.25, 0.3) is 0 Å². The third-order valence-electron chi connectivity index (χ3n) is 2.69. The van der Waals surface area contributed by atoms with Crippen molar-refractivity contribution in [3.8, 4) is 11.5 Å². The predicted octanol–water partition coefficient (Wildman–Crippen LogP) is 2.77. The van der Waals surface area contributed by atoms with Crippen molar-refractivity contribution in [2.24, 2.45) is 0 Å². The Bertz CT molecular complexity index is 348. The summed E-state index contributed by atoms with van der Waals surface area (Å²) in [6.45, 7) is 7.18. The molecule has 3 N–H and O–H groups in total. The third-order valence-corrected chi connectivity index (χ3v) is 2.69. The Kier molecular flexibility index (Phi) is 4.19. The Balaban J connectivity index is 2.57.